The number of hydrogen-bond donors (Lipinski definition) is 3. The lowest BCUT2D eigenvalue weighted by molar-refractivity contribution is -0.192. The van der Waals surface area contributed by atoms with Gasteiger partial charge in [0.15, 0.2) is 0 Å². The summed E-state index contributed by atoms with van der Waals surface area (Å²) in [6.45, 7) is 0. The predicted molar refractivity (Wildman–Crippen MR) is 41.4 cm³/mol. The van der Waals surface area contributed by atoms with Crippen molar-refractivity contribution in [2.45, 2.75) is 6.18 Å². The summed E-state index contributed by atoms with van der Waals surface area (Å²) in [7, 11) is 0. The van der Waals surface area contributed by atoms with Crippen molar-refractivity contribution in [2.24, 2.45) is 0 Å². The van der Waals surface area contributed by atoms with E-state index < -0.39 is 12.1 Å². The Hall–Kier alpha value is -0.0400. The number of aliphatic carboxylic acids is 1. The molecule has 0 aliphatic rings. The van der Waals surface area contributed by atoms with E-state index in [-0.39, 0.29) is 0 Å². The zero-order valence-electron chi connectivity index (χ0n) is 5.30. The third kappa shape index (κ3) is 13.0. The third-order valence-electron chi connectivity index (χ3n) is 0.343. The zero-order valence-corrected chi connectivity index (χ0v) is 7.09. The molecule has 0 amide bonds. The van der Waals surface area contributed by atoms with Gasteiger partial charge >= 0.3 is 12.1 Å². The molecular formula is C4H7F3O2S2. The maximum Gasteiger partial charge on any atom is 0.490 e. The van der Waals surface area contributed by atoms with Crippen LogP contribution in [0.25, 0.3) is 0 Å². The molecule has 0 spiro atoms. The highest BCUT2D eigenvalue weighted by Gasteiger charge is 2.38. The summed E-state index contributed by atoms with van der Waals surface area (Å²) in [5, 5.41) is 7.12. The molecule has 68 valence electrons. The van der Waals surface area contributed by atoms with E-state index in [0.717, 1.165) is 11.5 Å². The van der Waals surface area contributed by atoms with Crippen LogP contribution in [0.15, 0.2) is 0 Å². The molecule has 0 aromatic rings. The highest BCUT2D eigenvalue weighted by atomic mass is 32.1. The van der Waals surface area contributed by atoms with E-state index in [4.69, 9.17) is 9.90 Å². The maximum absolute atomic E-state index is 10.6. The van der Waals surface area contributed by atoms with Crippen molar-refractivity contribution >= 4 is 31.2 Å². The second kappa shape index (κ2) is 6.66. The van der Waals surface area contributed by atoms with Gasteiger partial charge in [0.25, 0.3) is 0 Å². The number of alkyl halides is 3. The molecule has 0 saturated carbocycles. The van der Waals surface area contributed by atoms with Crippen LogP contribution in [0.4, 0.5) is 13.2 Å². The maximum atomic E-state index is 10.6. The van der Waals surface area contributed by atoms with Crippen LogP contribution in [0.1, 0.15) is 0 Å². The fraction of sp³-hybridized carbons (Fsp3) is 0.750. The number of carboxylic acids is 1. The Labute approximate surface area is 72.6 Å². The molecule has 0 unspecified atom stereocenters. The van der Waals surface area contributed by atoms with E-state index in [9.17, 15) is 13.2 Å². The molecule has 7 heteroatoms. The molecule has 0 aliphatic carbocycles. The number of carboxylic acid groups (broad SMARTS) is 1. The highest BCUT2D eigenvalue weighted by Crippen LogP contribution is 2.13. The quantitative estimate of drug-likeness (QED) is 0.571. The van der Waals surface area contributed by atoms with Gasteiger partial charge in [-0.05, 0) is 11.5 Å². The molecule has 0 aromatic heterocycles. The second-order valence-electron chi connectivity index (χ2n) is 1.25. The van der Waals surface area contributed by atoms with Gasteiger partial charge < -0.3 is 5.11 Å². The van der Waals surface area contributed by atoms with Crippen LogP contribution in [-0.2, 0) is 4.79 Å². The van der Waals surface area contributed by atoms with Crippen LogP contribution in [-0.4, -0.2) is 28.8 Å². The molecule has 0 saturated heterocycles. The van der Waals surface area contributed by atoms with Crippen LogP contribution in [0.5, 0.6) is 0 Å². The molecule has 0 fully saturated rings. The lowest BCUT2D eigenvalue weighted by Crippen LogP contribution is -2.21. The van der Waals surface area contributed by atoms with Gasteiger partial charge in [-0.15, -0.1) is 0 Å². The Morgan fingerprint density at radius 1 is 1.27 bits per heavy atom. The van der Waals surface area contributed by atoms with Crippen molar-refractivity contribution in [3.8, 4) is 0 Å². The molecule has 0 aromatic carbocycles. The van der Waals surface area contributed by atoms with Gasteiger partial charge in [-0.25, -0.2) is 4.79 Å². The highest BCUT2D eigenvalue weighted by molar-refractivity contribution is 7.84. The largest absolute Gasteiger partial charge is 0.490 e. The molecule has 1 N–H and O–H groups in total. The summed E-state index contributed by atoms with van der Waals surface area (Å²) in [5.74, 6) is -1.00. The fourth-order valence-corrected chi connectivity index (χ4v) is 0. The van der Waals surface area contributed by atoms with Gasteiger partial charge in [-0.3, -0.25) is 0 Å². The first kappa shape index (κ1) is 13.5. The molecular weight excluding hydrogens is 201 g/mol. The SMILES string of the molecule is O=C(O)C(F)(F)F.SCCS. The molecule has 2 nitrogen and oxygen atoms in total. The number of hydrogen-bond acceptors (Lipinski definition) is 3. The minimum Gasteiger partial charge on any atom is -0.475 e. The van der Waals surface area contributed by atoms with Crippen LogP contribution in [0.2, 0.25) is 0 Å². The topological polar surface area (TPSA) is 37.3 Å². The molecule has 0 heterocycles. The van der Waals surface area contributed by atoms with E-state index in [1.54, 1.807) is 0 Å². The lowest BCUT2D eigenvalue weighted by Gasteiger charge is -1.93. The normalized spacial score (nSPS) is 9.91. The first-order valence-electron chi connectivity index (χ1n) is 2.38. The Morgan fingerprint density at radius 3 is 1.45 bits per heavy atom. The van der Waals surface area contributed by atoms with Crippen LogP contribution in [0, 0.1) is 0 Å². The van der Waals surface area contributed by atoms with Crippen LogP contribution in [0.3, 0.4) is 0 Å². The number of thiol groups is 2. The smallest absolute Gasteiger partial charge is 0.475 e. The van der Waals surface area contributed by atoms with Crippen molar-refractivity contribution in [3.63, 3.8) is 0 Å². The van der Waals surface area contributed by atoms with Crippen molar-refractivity contribution < 1.29 is 23.1 Å². The Kier molecular flexibility index (Phi) is 8.20. The standard InChI is InChI=1S/C2HF3O2.C2H6S2/c3-2(4,5)1(6)7;3-1-2-4/h(H,6,7);3-4H,1-2H2. The average Bonchev–Trinajstić information content (AvgIpc) is 1.87. The van der Waals surface area contributed by atoms with E-state index >= 15 is 0 Å². The minimum absolute atomic E-state index is 0.878. The number of halogens is 3. The molecule has 0 bridgehead atoms. The number of carbonyl (C=O) groups is 1. The monoisotopic (exact) mass is 208 g/mol. The zero-order chi connectivity index (χ0) is 9.49. The Balaban J connectivity index is 0. The van der Waals surface area contributed by atoms with Crippen molar-refractivity contribution in [2.75, 3.05) is 11.5 Å². The minimum atomic E-state index is -5.08. The van der Waals surface area contributed by atoms with Crippen molar-refractivity contribution in [3.05, 3.63) is 0 Å². The lowest BCUT2D eigenvalue weighted by atomic mass is 10.7. The molecule has 0 aliphatic heterocycles. The van der Waals surface area contributed by atoms with Crippen molar-refractivity contribution in [1.82, 2.24) is 0 Å². The van der Waals surface area contributed by atoms with Gasteiger partial charge in [-0.1, -0.05) is 0 Å². The van der Waals surface area contributed by atoms with Crippen molar-refractivity contribution in [1.29, 1.82) is 0 Å². The first-order chi connectivity index (χ1) is 4.86. The fourth-order valence-electron chi connectivity index (χ4n) is 0. The molecule has 0 atom stereocenters. The van der Waals surface area contributed by atoms with Gasteiger partial charge in [0, 0.05) is 0 Å². The Bertz CT molecular complexity index is 112. The predicted octanol–water partition coefficient (Wildman–Crippen LogP) is 1.48. The summed E-state index contributed by atoms with van der Waals surface area (Å²) < 4.78 is 31.7. The molecule has 0 radical (unpaired) electrons. The van der Waals surface area contributed by atoms with Gasteiger partial charge in [-0.2, -0.15) is 38.4 Å². The van der Waals surface area contributed by atoms with E-state index in [1.807, 2.05) is 0 Å². The summed E-state index contributed by atoms with van der Waals surface area (Å²) in [5.41, 5.74) is 0. The summed E-state index contributed by atoms with van der Waals surface area (Å²) in [6, 6.07) is 0. The van der Waals surface area contributed by atoms with Gasteiger partial charge in [0.1, 0.15) is 0 Å². The van der Waals surface area contributed by atoms with Gasteiger partial charge in [0.2, 0.25) is 0 Å². The van der Waals surface area contributed by atoms with E-state index in [1.165, 1.54) is 0 Å². The molecule has 0 rings (SSSR count). The summed E-state index contributed by atoms with van der Waals surface area (Å²) in [4.78, 5) is 8.90. The summed E-state index contributed by atoms with van der Waals surface area (Å²) >= 11 is 7.69. The van der Waals surface area contributed by atoms with Gasteiger partial charge in [0.05, 0.1) is 0 Å². The van der Waals surface area contributed by atoms with Crippen LogP contribution >= 0.6 is 25.3 Å². The van der Waals surface area contributed by atoms with E-state index in [0.29, 0.717) is 0 Å². The second-order valence-corrected chi connectivity index (χ2v) is 2.14. The molecule has 11 heavy (non-hydrogen) atoms. The van der Waals surface area contributed by atoms with E-state index in [2.05, 4.69) is 25.3 Å². The van der Waals surface area contributed by atoms with Crippen LogP contribution < -0.4 is 0 Å². The Morgan fingerprint density at radius 2 is 1.45 bits per heavy atom. The number of rotatable bonds is 1. The third-order valence-corrected chi connectivity index (χ3v) is 1.14. The first-order valence-corrected chi connectivity index (χ1v) is 3.64. The summed E-state index contributed by atoms with van der Waals surface area (Å²) in [6.07, 6.45) is -5.08. The average molecular weight is 208 g/mol.